The first-order valence-electron chi connectivity index (χ1n) is 1.97. The van der Waals surface area contributed by atoms with Crippen molar-refractivity contribution in [1.29, 1.82) is 0 Å². The molecule has 1 nitrogen and oxygen atoms in total. The standard InChI is InChI=1S/C5H5OS/c1-2-4-7-5-6-3-1/h1-2,4H,5H2. The molecule has 0 atom stereocenters. The topological polar surface area (TPSA) is 9.23 Å². The molecule has 0 saturated carbocycles. The van der Waals surface area contributed by atoms with Gasteiger partial charge in [0, 0.05) is 0 Å². The van der Waals surface area contributed by atoms with Gasteiger partial charge in [0.2, 0.25) is 0 Å². The van der Waals surface area contributed by atoms with Gasteiger partial charge < -0.3 is 4.74 Å². The SMILES string of the molecule is [C]1=CC=CSCO1. The average Bonchev–Trinajstić information content (AvgIpc) is 1.90. The summed E-state index contributed by atoms with van der Waals surface area (Å²) in [4.78, 5) is 0. The van der Waals surface area contributed by atoms with E-state index in [0.717, 1.165) is 0 Å². The highest BCUT2D eigenvalue weighted by atomic mass is 32.2. The number of hydrogen-bond acceptors (Lipinski definition) is 2. The molecule has 0 aromatic carbocycles. The van der Waals surface area contributed by atoms with Crippen LogP contribution in [-0.4, -0.2) is 5.94 Å². The average molecular weight is 113 g/mol. The Hall–Kier alpha value is -0.370. The van der Waals surface area contributed by atoms with Crippen LogP contribution in [0, 0.1) is 6.26 Å². The summed E-state index contributed by atoms with van der Waals surface area (Å²) < 4.78 is 4.79. The highest BCUT2D eigenvalue weighted by molar-refractivity contribution is 8.02. The Balaban J connectivity index is 2.39. The molecule has 7 heavy (non-hydrogen) atoms. The van der Waals surface area contributed by atoms with Crippen LogP contribution in [0.5, 0.6) is 0 Å². The van der Waals surface area contributed by atoms with Crippen LogP contribution in [0.25, 0.3) is 0 Å². The maximum absolute atomic E-state index is 4.79. The number of hydrogen-bond donors (Lipinski definition) is 0. The number of thioether (sulfide) groups is 1. The zero-order valence-corrected chi connectivity index (χ0v) is 4.57. The molecule has 0 unspecified atom stereocenters. The Morgan fingerprint density at radius 2 is 2.71 bits per heavy atom. The maximum atomic E-state index is 4.79. The van der Waals surface area contributed by atoms with Crippen LogP contribution in [0.3, 0.4) is 0 Å². The predicted octanol–water partition coefficient (Wildman–Crippen LogP) is 1.54. The third-order valence-electron chi connectivity index (χ3n) is 0.549. The Labute approximate surface area is 47.1 Å². The number of allylic oxidation sites excluding steroid dienone is 2. The van der Waals surface area contributed by atoms with Gasteiger partial charge in [0.05, 0.1) is 0 Å². The molecule has 0 N–H and O–H groups in total. The van der Waals surface area contributed by atoms with Crippen LogP contribution < -0.4 is 0 Å². The second-order valence-electron chi connectivity index (χ2n) is 1.04. The quantitative estimate of drug-likeness (QED) is 0.471. The van der Waals surface area contributed by atoms with E-state index < -0.39 is 0 Å². The minimum atomic E-state index is 0.688. The van der Waals surface area contributed by atoms with Gasteiger partial charge >= 0.3 is 0 Å². The first-order chi connectivity index (χ1) is 3.50. The van der Waals surface area contributed by atoms with E-state index in [9.17, 15) is 0 Å². The minimum absolute atomic E-state index is 0.688. The van der Waals surface area contributed by atoms with E-state index in [-0.39, 0.29) is 0 Å². The van der Waals surface area contributed by atoms with E-state index in [1.165, 1.54) is 0 Å². The fourth-order valence-corrected chi connectivity index (χ4v) is 0.694. The van der Waals surface area contributed by atoms with Gasteiger partial charge in [-0.1, -0.05) is 17.8 Å². The van der Waals surface area contributed by atoms with Crippen molar-refractivity contribution < 1.29 is 4.74 Å². The molecule has 0 saturated heterocycles. The highest BCUT2D eigenvalue weighted by Gasteiger charge is 1.81. The van der Waals surface area contributed by atoms with E-state index >= 15 is 0 Å². The summed E-state index contributed by atoms with van der Waals surface area (Å²) in [5.74, 6) is 0.688. The molecule has 1 rings (SSSR count). The molecule has 1 aliphatic heterocycles. The molecule has 0 amide bonds. The molecule has 0 aromatic rings. The van der Waals surface area contributed by atoms with Crippen LogP contribution >= 0.6 is 11.8 Å². The van der Waals surface area contributed by atoms with Crippen molar-refractivity contribution >= 4 is 11.8 Å². The third kappa shape index (κ3) is 1.69. The Bertz CT molecular complexity index is 84.3. The number of ether oxygens (including phenoxy) is 1. The molecule has 0 aromatic heterocycles. The van der Waals surface area contributed by atoms with Crippen LogP contribution in [0.4, 0.5) is 0 Å². The summed E-state index contributed by atoms with van der Waals surface area (Å²) in [6.07, 6.45) is 6.27. The van der Waals surface area contributed by atoms with Gasteiger partial charge in [-0.2, -0.15) is 0 Å². The Morgan fingerprint density at radius 3 is 3.71 bits per heavy atom. The Kier molecular flexibility index (Phi) is 1.88. The van der Waals surface area contributed by atoms with Gasteiger partial charge in [-0.05, 0) is 11.5 Å². The van der Waals surface area contributed by atoms with E-state index in [1.54, 1.807) is 17.8 Å². The van der Waals surface area contributed by atoms with Gasteiger partial charge in [-0.3, -0.25) is 0 Å². The normalized spacial score (nSPS) is 18.3. The first-order valence-corrected chi connectivity index (χ1v) is 3.02. The minimum Gasteiger partial charge on any atom is -0.479 e. The van der Waals surface area contributed by atoms with Crippen molar-refractivity contribution in [3.63, 3.8) is 0 Å². The van der Waals surface area contributed by atoms with E-state index in [1.807, 2.05) is 11.5 Å². The summed E-state index contributed by atoms with van der Waals surface area (Å²) >= 11 is 1.62. The van der Waals surface area contributed by atoms with Crippen molar-refractivity contribution in [1.82, 2.24) is 0 Å². The van der Waals surface area contributed by atoms with Gasteiger partial charge in [-0.25, -0.2) is 0 Å². The van der Waals surface area contributed by atoms with E-state index in [0.29, 0.717) is 5.94 Å². The van der Waals surface area contributed by atoms with Gasteiger partial charge in [0.15, 0.2) is 6.26 Å². The summed E-state index contributed by atoms with van der Waals surface area (Å²) in [5.41, 5.74) is 0. The lowest BCUT2D eigenvalue weighted by Gasteiger charge is -1.87. The summed E-state index contributed by atoms with van der Waals surface area (Å²) in [7, 11) is 0. The second-order valence-corrected chi connectivity index (χ2v) is 1.88. The molecule has 0 spiro atoms. The van der Waals surface area contributed by atoms with Crippen molar-refractivity contribution in [2.24, 2.45) is 0 Å². The van der Waals surface area contributed by atoms with Crippen LogP contribution in [0.15, 0.2) is 17.6 Å². The van der Waals surface area contributed by atoms with Crippen LogP contribution in [0.2, 0.25) is 0 Å². The zero-order valence-electron chi connectivity index (χ0n) is 3.76. The lowest BCUT2D eigenvalue weighted by Crippen LogP contribution is -1.73. The molecular formula is C5H5OS. The summed E-state index contributed by atoms with van der Waals surface area (Å²) in [5, 5.41) is 1.97. The molecule has 1 heterocycles. The summed E-state index contributed by atoms with van der Waals surface area (Å²) in [6.45, 7) is 0. The second kappa shape index (κ2) is 2.75. The Morgan fingerprint density at radius 1 is 1.71 bits per heavy atom. The molecule has 37 valence electrons. The maximum Gasteiger partial charge on any atom is 0.162 e. The van der Waals surface area contributed by atoms with E-state index in [4.69, 9.17) is 4.74 Å². The molecule has 1 radical (unpaired) electrons. The van der Waals surface area contributed by atoms with Gasteiger partial charge in [0.1, 0.15) is 5.94 Å². The van der Waals surface area contributed by atoms with Crippen molar-refractivity contribution in [3.8, 4) is 0 Å². The van der Waals surface area contributed by atoms with Crippen molar-refractivity contribution in [2.45, 2.75) is 0 Å². The first kappa shape index (κ1) is 4.78. The van der Waals surface area contributed by atoms with E-state index in [2.05, 4.69) is 6.26 Å². The zero-order chi connectivity index (χ0) is 4.95. The summed E-state index contributed by atoms with van der Waals surface area (Å²) in [6, 6.07) is 0. The lowest BCUT2D eigenvalue weighted by atomic mass is 10.6. The van der Waals surface area contributed by atoms with Gasteiger partial charge in [-0.15, -0.1) is 0 Å². The smallest absolute Gasteiger partial charge is 0.162 e. The molecule has 0 bridgehead atoms. The van der Waals surface area contributed by atoms with Crippen LogP contribution in [-0.2, 0) is 4.74 Å². The molecule has 2 heteroatoms. The van der Waals surface area contributed by atoms with Crippen molar-refractivity contribution in [3.05, 3.63) is 23.8 Å². The monoisotopic (exact) mass is 113 g/mol. The fraction of sp³-hybridized carbons (Fsp3) is 0.200. The highest BCUT2D eigenvalue weighted by Crippen LogP contribution is 2.04. The molecule has 1 aliphatic rings. The van der Waals surface area contributed by atoms with Crippen molar-refractivity contribution in [2.75, 3.05) is 5.94 Å². The molecular weight excluding hydrogens is 108 g/mol. The fourth-order valence-electron chi connectivity index (χ4n) is 0.290. The third-order valence-corrected chi connectivity index (χ3v) is 1.15. The van der Waals surface area contributed by atoms with Crippen LogP contribution in [0.1, 0.15) is 0 Å². The molecule has 0 fully saturated rings. The predicted molar refractivity (Wildman–Crippen MR) is 30.5 cm³/mol. The number of rotatable bonds is 0. The molecule has 0 aliphatic carbocycles. The van der Waals surface area contributed by atoms with Gasteiger partial charge in [0.25, 0.3) is 0 Å². The largest absolute Gasteiger partial charge is 0.479 e. The lowest BCUT2D eigenvalue weighted by molar-refractivity contribution is 0.294.